The van der Waals surface area contributed by atoms with Crippen molar-refractivity contribution >= 4 is 39.2 Å². The molecule has 0 saturated carbocycles. The SMILES string of the molecule is O=C(C=Cc1nc2ccccc2s1)N1CCN(c2ccccc2F)CC1. The summed E-state index contributed by atoms with van der Waals surface area (Å²) in [6, 6.07) is 14.7. The van der Waals surface area contributed by atoms with Crippen molar-refractivity contribution in [2.24, 2.45) is 0 Å². The monoisotopic (exact) mass is 367 g/mol. The molecular weight excluding hydrogens is 349 g/mol. The first-order valence-corrected chi connectivity index (χ1v) is 9.34. The highest BCUT2D eigenvalue weighted by molar-refractivity contribution is 7.19. The van der Waals surface area contributed by atoms with E-state index >= 15 is 0 Å². The predicted molar refractivity (Wildman–Crippen MR) is 104 cm³/mol. The molecule has 4 nitrogen and oxygen atoms in total. The minimum atomic E-state index is -0.219. The van der Waals surface area contributed by atoms with E-state index < -0.39 is 0 Å². The van der Waals surface area contributed by atoms with Crippen LogP contribution in [0.15, 0.2) is 54.6 Å². The number of rotatable bonds is 3. The third-order valence-corrected chi connectivity index (χ3v) is 5.47. The van der Waals surface area contributed by atoms with Crippen molar-refractivity contribution in [2.75, 3.05) is 31.1 Å². The molecular formula is C20H18FN3OS. The summed E-state index contributed by atoms with van der Waals surface area (Å²) in [6.45, 7) is 2.41. The summed E-state index contributed by atoms with van der Waals surface area (Å²) < 4.78 is 15.0. The molecule has 4 rings (SSSR count). The number of anilines is 1. The molecule has 3 aromatic rings. The Morgan fingerprint density at radius 3 is 2.54 bits per heavy atom. The van der Waals surface area contributed by atoms with Crippen molar-refractivity contribution in [3.8, 4) is 0 Å². The fourth-order valence-corrected chi connectivity index (χ4v) is 3.96. The van der Waals surface area contributed by atoms with Crippen LogP contribution in [0.25, 0.3) is 16.3 Å². The summed E-state index contributed by atoms with van der Waals surface area (Å²) in [5.41, 5.74) is 1.55. The first-order chi connectivity index (χ1) is 12.7. The van der Waals surface area contributed by atoms with E-state index in [4.69, 9.17) is 0 Å². The average molecular weight is 367 g/mol. The second-order valence-corrected chi connectivity index (χ2v) is 7.18. The van der Waals surface area contributed by atoms with Crippen LogP contribution in [-0.4, -0.2) is 42.0 Å². The third kappa shape index (κ3) is 3.46. The molecule has 1 aliphatic heterocycles. The van der Waals surface area contributed by atoms with Crippen LogP contribution in [0.5, 0.6) is 0 Å². The van der Waals surface area contributed by atoms with E-state index in [-0.39, 0.29) is 11.7 Å². The lowest BCUT2D eigenvalue weighted by Crippen LogP contribution is -2.48. The molecule has 26 heavy (non-hydrogen) atoms. The van der Waals surface area contributed by atoms with E-state index in [0.29, 0.717) is 31.9 Å². The first kappa shape index (κ1) is 16.7. The zero-order chi connectivity index (χ0) is 17.9. The van der Waals surface area contributed by atoms with E-state index in [1.54, 1.807) is 40.5 Å². The highest BCUT2D eigenvalue weighted by Crippen LogP contribution is 2.23. The largest absolute Gasteiger partial charge is 0.366 e. The van der Waals surface area contributed by atoms with Crippen molar-refractivity contribution < 1.29 is 9.18 Å². The van der Waals surface area contributed by atoms with Gasteiger partial charge in [0.2, 0.25) is 5.91 Å². The van der Waals surface area contributed by atoms with Gasteiger partial charge in [0.05, 0.1) is 15.9 Å². The molecule has 0 radical (unpaired) electrons. The van der Waals surface area contributed by atoms with Gasteiger partial charge in [-0.15, -0.1) is 11.3 Å². The molecule has 1 aromatic heterocycles. The number of piperazine rings is 1. The molecule has 0 unspecified atom stereocenters. The average Bonchev–Trinajstić information content (AvgIpc) is 3.10. The minimum Gasteiger partial charge on any atom is -0.366 e. The maximum absolute atomic E-state index is 13.9. The Labute approximate surface area is 155 Å². The zero-order valence-corrected chi connectivity index (χ0v) is 15.0. The number of amides is 1. The van der Waals surface area contributed by atoms with Crippen molar-refractivity contribution in [1.29, 1.82) is 0 Å². The molecule has 1 saturated heterocycles. The fourth-order valence-electron chi connectivity index (χ4n) is 3.09. The smallest absolute Gasteiger partial charge is 0.246 e. The maximum Gasteiger partial charge on any atom is 0.246 e. The summed E-state index contributed by atoms with van der Waals surface area (Å²) in [4.78, 5) is 20.7. The number of fused-ring (bicyclic) bond motifs is 1. The van der Waals surface area contributed by atoms with Crippen LogP contribution < -0.4 is 4.90 Å². The number of thiazole rings is 1. The number of aromatic nitrogens is 1. The fraction of sp³-hybridized carbons (Fsp3) is 0.200. The molecule has 0 spiro atoms. The Morgan fingerprint density at radius 1 is 1.04 bits per heavy atom. The molecule has 0 aliphatic carbocycles. The molecule has 2 aromatic carbocycles. The lowest BCUT2D eigenvalue weighted by Gasteiger charge is -2.35. The number of carbonyl (C=O) groups is 1. The van der Waals surface area contributed by atoms with Crippen molar-refractivity contribution in [1.82, 2.24) is 9.88 Å². The Kier molecular flexibility index (Phi) is 4.67. The van der Waals surface area contributed by atoms with Gasteiger partial charge in [-0.25, -0.2) is 9.37 Å². The van der Waals surface area contributed by atoms with Crippen LogP contribution in [0.2, 0.25) is 0 Å². The van der Waals surface area contributed by atoms with Gasteiger partial charge in [-0.05, 0) is 30.3 Å². The number of benzene rings is 2. The van der Waals surface area contributed by atoms with Gasteiger partial charge in [0.1, 0.15) is 10.8 Å². The quantitative estimate of drug-likeness (QED) is 0.661. The van der Waals surface area contributed by atoms with Crippen molar-refractivity contribution in [3.63, 3.8) is 0 Å². The standard InChI is InChI=1S/C20H18FN3OS/c21-15-5-1-3-7-17(15)23-11-13-24(14-12-23)20(25)10-9-19-22-16-6-2-4-8-18(16)26-19/h1-10H,11-14H2. The lowest BCUT2D eigenvalue weighted by molar-refractivity contribution is -0.126. The molecule has 0 atom stereocenters. The van der Waals surface area contributed by atoms with Crippen LogP contribution in [0.4, 0.5) is 10.1 Å². The summed E-state index contributed by atoms with van der Waals surface area (Å²) in [7, 11) is 0. The summed E-state index contributed by atoms with van der Waals surface area (Å²) >= 11 is 1.57. The van der Waals surface area contributed by atoms with Gasteiger partial charge >= 0.3 is 0 Å². The molecule has 0 N–H and O–H groups in total. The summed E-state index contributed by atoms with van der Waals surface area (Å²) in [5.74, 6) is -0.250. The molecule has 1 aliphatic rings. The number of hydrogen-bond acceptors (Lipinski definition) is 4. The number of halogens is 1. The molecule has 2 heterocycles. The highest BCUT2D eigenvalue weighted by atomic mass is 32.1. The van der Waals surface area contributed by atoms with Crippen LogP contribution >= 0.6 is 11.3 Å². The third-order valence-electron chi connectivity index (χ3n) is 4.46. The summed E-state index contributed by atoms with van der Waals surface area (Å²) in [6.07, 6.45) is 3.35. The number of hydrogen-bond donors (Lipinski definition) is 0. The van der Waals surface area contributed by atoms with Crippen LogP contribution in [0, 0.1) is 5.82 Å². The predicted octanol–water partition coefficient (Wildman–Crippen LogP) is 3.80. The normalized spacial score (nSPS) is 15.1. The van der Waals surface area contributed by atoms with Gasteiger partial charge in [-0.2, -0.15) is 0 Å². The summed E-state index contributed by atoms with van der Waals surface area (Å²) in [5, 5.41) is 0.824. The molecule has 0 bridgehead atoms. The number of para-hydroxylation sites is 2. The van der Waals surface area contributed by atoms with Gasteiger partial charge in [-0.1, -0.05) is 24.3 Å². The molecule has 1 amide bonds. The topological polar surface area (TPSA) is 36.4 Å². The second kappa shape index (κ2) is 7.25. The van der Waals surface area contributed by atoms with E-state index in [1.807, 2.05) is 35.2 Å². The van der Waals surface area contributed by atoms with E-state index in [1.165, 1.54) is 6.07 Å². The Bertz CT molecular complexity index is 927. The maximum atomic E-state index is 13.9. The number of nitrogens with zero attached hydrogens (tertiary/aromatic N) is 3. The minimum absolute atomic E-state index is 0.0301. The Balaban J connectivity index is 1.38. The van der Waals surface area contributed by atoms with E-state index in [0.717, 1.165) is 15.2 Å². The van der Waals surface area contributed by atoms with E-state index in [9.17, 15) is 9.18 Å². The zero-order valence-electron chi connectivity index (χ0n) is 14.1. The van der Waals surface area contributed by atoms with Gasteiger partial charge in [-0.3, -0.25) is 4.79 Å². The van der Waals surface area contributed by atoms with E-state index in [2.05, 4.69) is 4.98 Å². The van der Waals surface area contributed by atoms with Crippen LogP contribution in [0.3, 0.4) is 0 Å². The van der Waals surface area contributed by atoms with Crippen LogP contribution in [-0.2, 0) is 4.79 Å². The van der Waals surface area contributed by atoms with Gasteiger partial charge in [0.15, 0.2) is 0 Å². The first-order valence-electron chi connectivity index (χ1n) is 8.53. The molecule has 132 valence electrons. The van der Waals surface area contributed by atoms with Gasteiger partial charge in [0.25, 0.3) is 0 Å². The number of carbonyl (C=O) groups excluding carboxylic acids is 1. The molecule has 1 fully saturated rings. The second-order valence-electron chi connectivity index (χ2n) is 6.12. The highest BCUT2D eigenvalue weighted by Gasteiger charge is 2.21. The Morgan fingerprint density at radius 2 is 1.77 bits per heavy atom. The van der Waals surface area contributed by atoms with Gasteiger partial charge < -0.3 is 9.80 Å². The lowest BCUT2D eigenvalue weighted by atomic mass is 10.2. The van der Waals surface area contributed by atoms with Crippen LogP contribution in [0.1, 0.15) is 5.01 Å². The molecule has 6 heteroatoms. The Hall–Kier alpha value is -2.73. The van der Waals surface area contributed by atoms with Crippen molar-refractivity contribution in [3.05, 3.63) is 65.4 Å². The van der Waals surface area contributed by atoms with Crippen molar-refractivity contribution in [2.45, 2.75) is 0 Å². The van der Waals surface area contributed by atoms with Gasteiger partial charge in [0, 0.05) is 32.3 Å².